The molecule has 0 aliphatic heterocycles. The van der Waals surface area contributed by atoms with E-state index in [1.54, 1.807) is 0 Å². The van der Waals surface area contributed by atoms with Gasteiger partial charge in [-0.1, -0.05) is 37.7 Å². The van der Waals surface area contributed by atoms with Crippen molar-refractivity contribution in [2.45, 2.75) is 51.8 Å². The van der Waals surface area contributed by atoms with E-state index in [2.05, 4.69) is 25.5 Å². The molecule has 0 spiro atoms. The van der Waals surface area contributed by atoms with Crippen LogP contribution in [-0.2, 0) is 12.8 Å². The van der Waals surface area contributed by atoms with Gasteiger partial charge in [0.05, 0.1) is 7.85 Å². The van der Waals surface area contributed by atoms with Gasteiger partial charge in [0.1, 0.15) is 7.85 Å². The van der Waals surface area contributed by atoms with Crippen molar-refractivity contribution in [1.29, 1.82) is 0 Å². The largest absolute Gasteiger partial charge is 0.305 e. The summed E-state index contributed by atoms with van der Waals surface area (Å²) in [5.74, 6) is 0. The van der Waals surface area contributed by atoms with Gasteiger partial charge in [-0.3, -0.25) is 4.79 Å². The molecule has 2 nitrogen and oxygen atoms in total. The third-order valence-electron chi connectivity index (χ3n) is 4.26. The van der Waals surface area contributed by atoms with E-state index in [-0.39, 0.29) is 16.3 Å². The monoisotopic (exact) mass is 257 g/mol. The molecular weight excluding hydrogens is 239 g/mol. The standard InChI is InChI=1S/C13H18B2NOP/c1-12(2,3)13(15)6-4-5-8-9(7-13)10(14)18-16-11(8)17/h4-7H2,1-3H3,(H,16,17). The van der Waals surface area contributed by atoms with Crippen molar-refractivity contribution in [2.75, 3.05) is 0 Å². The van der Waals surface area contributed by atoms with E-state index in [0.717, 1.165) is 35.6 Å². The van der Waals surface area contributed by atoms with Crippen molar-refractivity contribution in [3.8, 4) is 0 Å². The Morgan fingerprint density at radius 2 is 2.00 bits per heavy atom. The average molecular weight is 257 g/mol. The third kappa shape index (κ3) is 2.32. The number of rotatable bonds is 0. The minimum Gasteiger partial charge on any atom is -0.305 e. The van der Waals surface area contributed by atoms with E-state index < -0.39 is 0 Å². The van der Waals surface area contributed by atoms with E-state index in [4.69, 9.17) is 15.7 Å². The zero-order chi connectivity index (χ0) is 13.6. The van der Waals surface area contributed by atoms with Crippen LogP contribution in [0.25, 0.3) is 0 Å². The molecule has 18 heavy (non-hydrogen) atoms. The molecule has 0 saturated carbocycles. The lowest BCUT2D eigenvalue weighted by molar-refractivity contribution is 0.245. The van der Waals surface area contributed by atoms with Gasteiger partial charge in [0, 0.05) is 13.9 Å². The summed E-state index contributed by atoms with van der Waals surface area (Å²) in [6.07, 6.45) is 3.37. The topological polar surface area (TPSA) is 32.9 Å². The van der Waals surface area contributed by atoms with Crippen LogP contribution in [0.1, 0.15) is 44.7 Å². The van der Waals surface area contributed by atoms with Gasteiger partial charge in [-0.15, -0.1) is 0 Å². The number of hydrogen-bond acceptors (Lipinski definition) is 1. The maximum absolute atomic E-state index is 11.9. The Bertz CT molecular complexity index is 521. The predicted octanol–water partition coefficient (Wildman–Crippen LogP) is 2.00. The van der Waals surface area contributed by atoms with Crippen LogP contribution < -0.4 is 10.8 Å². The Morgan fingerprint density at radius 3 is 2.61 bits per heavy atom. The van der Waals surface area contributed by atoms with Crippen LogP contribution in [0.3, 0.4) is 0 Å². The lowest BCUT2D eigenvalue weighted by atomic mass is 9.50. The molecule has 1 unspecified atom stereocenters. The molecule has 0 amide bonds. The van der Waals surface area contributed by atoms with E-state index in [1.165, 1.54) is 0 Å². The molecule has 1 aliphatic carbocycles. The fraction of sp³-hybridized carbons (Fsp3) is 0.692. The number of H-pyrrole nitrogens is 1. The summed E-state index contributed by atoms with van der Waals surface area (Å²) in [4.78, 5) is 11.9. The summed E-state index contributed by atoms with van der Waals surface area (Å²) in [6, 6.07) is 0. The number of aromatic nitrogens is 1. The van der Waals surface area contributed by atoms with Gasteiger partial charge in [0.25, 0.3) is 5.56 Å². The highest BCUT2D eigenvalue weighted by atomic mass is 31.0. The maximum atomic E-state index is 11.9. The summed E-state index contributed by atoms with van der Waals surface area (Å²) in [5, 5.41) is 0.465. The fourth-order valence-electron chi connectivity index (χ4n) is 2.62. The van der Waals surface area contributed by atoms with E-state index in [1.807, 2.05) is 0 Å². The second-order valence-corrected chi connectivity index (χ2v) is 7.26. The Kier molecular flexibility index (Phi) is 3.53. The van der Waals surface area contributed by atoms with E-state index >= 15 is 0 Å². The second kappa shape index (κ2) is 4.56. The first-order valence-corrected chi connectivity index (χ1v) is 7.29. The highest BCUT2D eigenvalue weighted by Gasteiger charge is 2.38. The maximum Gasteiger partial charge on any atom is 0.254 e. The third-order valence-corrected chi connectivity index (χ3v) is 5.09. The van der Waals surface area contributed by atoms with Crippen LogP contribution in [0.15, 0.2) is 4.79 Å². The summed E-state index contributed by atoms with van der Waals surface area (Å²) >= 11 is 0. The number of aromatic amines is 1. The Hall–Kier alpha value is -0.490. The molecule has 1 N–H and O–H groups in total. The number of fused-ring (bicyclic) bond motifs is 1. The normalized spacial score (nSPS) is 24.8. The van der Waals surface area contributed by atoms with Crippen LogP contribution in [-0.4, -0.2) is 20.4 Å². The molecule has 0 fully saturated rings. The number of nitrogens with one attached hydrogen (secondary N) is 1. The average Bonchev–Trinajstić information content (AvgIpc) is 2.44. The van der Waals surface area contributed by atoms with Crippen molar-refractivity contribution in [2.24, 2.45) is 5.41 Å². The van der Waals surface area contributed by atoms with Crippen molar-refractivity contribution in [3.05, 3.63) is 21.5 Å². The molecule has 1 aromatic heterocycles. The fourth-order valence-corrected chi connectivity index (χ4v) is 3.33. The molecule has 2 rings (SSSR count). The minimum absolute atomic E-state index is 0.000538. The summed E-state index contributed by atoms with van der Waals surface area (Å²) < 4.78 is 2.80. The summed E-state index contributed by atoms with van der Waals surface area (Å²) in [5.41, 5.74) is 1.87. The first-order valence-electron chi connectivity index (χ1n) is 6.39. The zero-order valence-corrected chi connectivity index (χ0v) is 12.2. The molecule has 0 saturated heterocycles. The Labute approximate surface area is 113 Å². The molecule has 5 heteroatoms. The Balaban J connectivity index is 2.54. The molecule has 0 aromatic carbocycles. The molecule has 4 radical (unpaired) electrons. The van der Waals surface area contributed by atoms with Crippen molar-refractivity contribution < 1.29 is 0 Å². The highest BCUT2D eigenvalue weighted by Crippen LogP contribution is 2.50. The lowest BCUT2D eigenvalue weighted by Crippen LogP contribution is -2.33. The highest BCUT2D eigenvalue weighted by molar-refractivity contribution is 7.33. The summed E-state index contributed by atoms with van der Waals surface area (Å²) in [7, 11) is 13.4. The first kappa shape index (κ1) is 13.9. The van der Waals surface area contributed by atoms with E-state index in [9.17, 15) is 4.79 Å². The zero-order valence-electron chi connectivity index (χ0n) is 11.3. The first-order chi connectivity index (χ1) is 8.24. The van der Waals surface area contributed by atoms with Crippen molar-refractivity contribution in [1.82, 2.24) is 4.75 Å². The van der Waals surface area contributed by atoms with Crippen molar-refractivity contribution >= 4 is 29.2 Å². The minimum atomic E-state index is -0.290. The van der Waals surface area contributed by atoms with Gasteiger partial charge in [-0.05, 0) is 30.2 Å². The van der Waals surface area contributed by atoms with Gasteiger partial charge >= 0.3 is 0 Å². The van der Waals surface area contributed by atoms with E-state index in [0.29, 0.717) is 14.8 Å². The van der Waals surface area contributed by atoms with Crippen LogP contribution in [0.5, 0.6) is 0 Å². The molecule has 1 aromatic rings. The number of hydrogen-bond donors (Lipinski definition) is 1. The van der Waals surface area contributed by atoms with Gasteiger partial charge in [0.15, 0.2) is 0 Å². The van der Waals surface area contributed by atoms with Gasteiger partial charge in [-0.25, -0.2) is 0 Å². The van der Waals surface area contributed by atoms with Crippen LogP contribution in [0.4, 0.5) is 0 Å². The van der Waals surface area contributed by atoms with Crippen LogP contribution in [0, 0.1) is 5.41 Å². The van der Waals surface area contributed by atoms with Crippen LogP contribution >= 0.6 is 8.35 Å². The second-order valence-electron chi connectivity index (χ2n) is 6.33. The molecule has 92 valence electrons. The van der Waals surface area contributed by atoms with Crippen molar-refractivity contribution in [3.63, 3.8) is 0 Å². The lowest BCUT2D eigenvalue weighted by Gasteiger charge is -2.43. The molecular formula is C13H18B2NOP. The smallest absolute Gasteiger partial charge is 0.254 e. The van der Waals surface area contributed by atoms with Gasteiger partial charge in [0.2, 0.25) is 0 Å². The quantitative estimate of drug-likeness (QED) is 0.559. The Morgan fingerprint density at radius 1 is 1.33 bits per heavy atom. The predicted molar refractivity (Wildman–Crippen MR) is 79.5 cm³/mol. The molecule has 1 aliphatic rings. The van der Waals surface area contributed by atoms with Gasteiger partial charge < -0.3 is 4.75 Å². The van der Waals surface area contributed by atoms with Crippen LogP contribution in [0.2, 0.25) is 5.31 Å². The van der Waals surface area contributed by atoms with Gasteiger partial charge in [-0.2, -0.15) is 0 Å². The molecule has 1 atom stereocenters. The SMILES string of the molecule is [B]c1p[nH]c(=O)c2c1CC([B])(C(C)(C)C)CCC2. The molecule has 0 bridgehead atoms. The molecule has 1 heterocycles. The summed E-state index contributed by atoms with van der Waals surface area (Å²) in [6.45, 7) is 6.49.